The highest BCUT2D eigenvalue weighted by Crippen LogP contribution is 2.29. The summed E-state index contributed by atoms with van der Waals surface area (Å²) in [7, 11) is -1.27. The summed E-state index contributed by atoms with van der Waals surface area (Å²) in [5, 5.41) is 0. The van der Waals surface area contributed by atoms with Crippen molar-refractivity contribution in [2.45, 2.75) is 18.3 Å². The molecule has 130 valence electrons. The Labute approximate surface area is 139 Å². The van der Waals surface area contributed by atoms with Crippen LogP contribution in [-0.2, 0) is 22.7 Å². The minimum atomic E-state index is -4.40. The van der Waals surface area contributed by atoms with Gasteiger partial charge in [-0.3, -0.25) is 4.21 Å². The highest BCUT2D eigenvalue weighted by Gasteiger charge is 2.30. The monoisotopic (exact) mass is 360 g/mol. The summed E-state index contributed by atoms with van der Waals surface area (Å²) in [6.07, 6.45) is -3.91. The van der Waals surface area contributed by atoms with Crippen molar-refractivity contribution in [1.29, 1.82) is 0 Å². The molecule has 0 spiro atoms. The van der Waals surface area contributed by atoms with Gasteiger partial charge in [0.1, 0.15) is 11.6 Å². The van der Waals surface area contributed by atoms with Crippen LogP contribution in [0.5, 0.6) is 5.75 Å². The lowest BCUT2D eigenvalue weighted by Gasteiger charge is -2.09. The van der Waals surface area contributed by atoms with Crippen molar-refractivity contribution < 1.29 is 26.5 Å². The van der Waals surface area contributed by atoms with Gasteiger partial charge in [-0.05, 0) is 42.3 Å². The summed E-state index contributed by atoms with van der Waals surface area (Å²) < 4.78 is 67.9. The second kappa shape index (κ2) is 8.28. The van der Waals surface area contributed by atoms with Crippen LogP contribution in [0.25, 0.3) is 0 Å². The van der Waals surface area contributed by atoms with E-state index >= 15 is 0 Å². The molecule has 2 aromatic rings. The van der Waals surface area contributed by atoms with E-state index in [1.165, 1.54) is 36.4 Å². The molecule has 0 bridgehead atoms. The molecule has 2 aromatic carbocycles. The standard InChI is InChI=1S/C17H16F4O2S/c18-15-5-7-16(8-6-15)23-9-2-10-24(22)12-13-3-1-4-14(11-13)17(19,20)21/h1,3-8,11H,2,9-10,12H2/t24-/m0/s1. The Hall–Kier alpha value is -1.89. The fourth-order valence-electron chi connectivity index (χ4n) is 2.04. The van der Waals surface area contributed by atoms with E-state index < -0.39 is 22.5 Å². The van der Waals surface area contributed by atoms with Crippen LogP contribution in [0.15, 0.2) is 48.5 Å². The first-order valence-electron chi connectivity index (χ1n) is 7.24. The predicted molar refractivity (Wildman–Crippen MR) is 84.7 cm³/mol. The number of ether oxygens (including phenoxy) is 1. The largest absolute Gasteiger partial charge is 0.494 e. The Bertz CT molecular complexity index is 684. The third kappa shape index (κ3) is 5.96. The summed E-state index contributed by atoms with van der Waals surface area (Å²) in [6.45, 7) is 0.306. The van der Waals surface area contributed by atoms with Crippen LogP contribution in [0, 0.1) is 5.82 Å². The van der Waals surface area contributed by atoms with Crippen molar-refractivity contribution in [2.75, 3.05) is 12.4 Å². The highest BCUT2D eigenvalue weighted by atomic mass is 32.2. The van der Waals surface area contributed by atoms with Crippen LogP contribution in [0.1, 0.15) is 17.5 Å². The van der Waals surface area contributed by atoms with Crippen LogP contribution in [0.4, 0.5) is 17.6 Å². The topological polar surface area (TPSA) is 26.3 Å². The molecule has 24 heavy (non-hydrogen) atoms. The summed E-state index contributed by atoms with van der Waals surface area (Å²) in [6, 6.07) is 10.4. The van der Waals surface area contributed by atoms with Gasteiger partial charge in [-0.2, -0.15) is 13.2 Å². The first kappa shape index (κ1) is 18.4. The SMILES string of the molecule is O=[S@@](CCCOc1ccc(F)cc1)Cc1cccc(C(F)(F)F)c1. The Morgan fingerprint density at radius 1 is 1.04 bits per heavy atom. The van der Waals surface area contributed by atoms with E-state index in [0.717, 1.165) is 12.1 Å². The Morgan fingerprint density at radius 2 is 1.75 bits per heavy atom. The third-order valence-corrected chi connectivity index (χ3v) is 4.58. The second-order valence-corrected chi connectivity index (χ2v) is 6.72. The van der Waals surface area contributed by atoms with Crippen molar-refractivity contribution in [2.24, 2.45) is 0 Å². The Balaban J connectivity index is 1.76. The minimum Gasteiger partial charge on any atom is -0.494 e. The zero-order chi connectivity index (χ0) is 17.6. The summed E-state index contributed by atoms with van der Waals surface area (Å²) in [5.74, 6) is 0.544. The van der Waals surface area contributed by atoms with Gasteiger partial charge in [0.15, 0.2) is 0 Å². The molecule has 0 aromatic heterocycles. The average molecular weight is 360 g/mol. The van der Waals surface area contributed by atoms with E-state index in [2.05, 4.69) is 0 Å². The van der Waals surface area contributed by atoms with Gasteiger partial charge >= 0.3 is 6.18 Å². The molecule has 0 fully saturated rings. The number of alkyl halides is 3. The van der Waals surface area contributed by atoms with Gasteiger partial charge < -0.3 is 4.74 Å². The predicted octanol–water partition coefficient (Wildman–Crippen LogP) is 4.56. The minimum absolute atomic E-state index is 0.0699. The van der Waals surface area contributed by atoms with Crippen molar-refractivity contribution in [3.63, 3.8) is 0 Å². The van der Waals surface area contributed by atoms with Gasteiger partial charge in [0.25, 0.3) is 0 Å². The van der Waals surface area contributed by atoms with E-state index in [1.807, 2.05) is 0 Å². The molecule has 0 aliphatic rings. The number of halogens is 4. The molecular weight excluding hydrogens is 344 g/mol. The van der Waals surface area contributed by atoms with E-state index in [-0.39, 0.29) is 11.6 Å². The first-order chi connectivity index (χ1) is 11.3. The van der Waals surface area contributed by atoms with E-state index in [4.69, 9.17) is 4.74 Å². The van der Waals surface area contributed by atoms with Crippen LogP contribution in [-0.4, -0.2) is 16.6 Å². The molecule has 1 atom stereocenters. The molecule has 0 amide bonds. The quantitative estimate of drug-likeness (QED) is 0.534. The van der Waals surface area contributed by atoms with E-state index in [9.17, 15) is 21.8 Å². The molecule has 0 saturated carbocycles. The zero-order valence-electron chi connectivity index (χ0n) is 12.7. The average Bonchev–Trinajstić information content (AvgIpc) is 2.53. The fraction of sp³-hybridized carbons (Fsp3) is 0.294. The molecule has 0 heterocycles. The second-order valence-electron chi connectivity index (χ2n) is 5.14. The maximum absolute atomic E-state index is 12.7. The molecule has 7 heteroatoms. The lowest BCUT2D eigenvalue weighted by molar-refractivity contribution is -0.137. The number of rotatable bonds is 7. The molecule has 0 aliphatic carbocycles. The van der Waals surface area contributed by atoms with Crippen molar-refractivity contribution in [1.82, 2.24) is 0 Å². The molecule has 2 nitrogen and oxygen atoms in total. The normalized spacial score (nSPS) is 12.8. The summed E-state index contributed by atoms with van der Waals surface area (Å²) in [5.41, 5.74) is -0.348. The van der Waals surface area contributed by atoms with Crippen LogP contribution in [0.3, 0.4) is 0 Å². The van der Waals surface area contributed by atoms with E-state index in [0.29, 0.717) is 30.1 Å². The summed E-state index contributed by atoms with van der Waals surface area (Å²) >= 11 is 0. The zero-order valence-corrected chi connectivity index (χ0v) is 13.5. The molecule has 2 rings (SSSR count). The van der Waals surface area contributed by atoms with E-state index in [1.54, 1.807) is 0 Å². The van der Waals surface area contributed by atoms with Gasteiger partial charge in [0.2, 0.25) is 0 Å². The molecule has 0 aliphatic heterocycles. The maximum atomic E-state index is 12.7. The molecule has 0 N–H and O–H groups in total. The highest BCUT2D eigenvalue weighted by molar-refractivity contribution is 7.84. The number of hydrogen-bond acceptors (Lipinski definition) is 2. The Morgan fingerprint density at radius 3 is 2.42 bits per heavy atom. The lowest BCUT2D eigenvalue weighted by Crippen LogP contribution is -2.08. The van der Waals surface area contributed by atoms with Gasteiger partial charge in [-0.25, -0.2) is 4.39 Å². The molecule has 0 radical (unpaired) electrons. The number of hydrogen-bond donors (Lipinski definition) is 0. The molecule has 0 unspecified atom stereocenters. The smallest absolute Gasteiger partial charge is 0.416 e. The van der Waals surface area contributed by atoms with Crippen LogP contribution >= 0.6 is 0 Å². The fourth-order valence-corrected chi connectivity index (χ4v) is 3.17. The van der Waals surface area contributed by atoms with Crippen LogP contribution in [0.2, 0.25) is 0 Å². The lowest BCUT2D eigenvalue weighted by atomic mass is 10.1. The Kier molecular flexibility index (Phi) is 6.36. The third-order valence-electron chi connectivity index (χ3n) is 3.18. The van der Waals surface area contributed by atoms with Gasteiger partial charge in [-0.1, -0.05) is 18.2 Å². The number of benzene rings is 2. The van der Waals surface area contributed by atoms with Gasteiger partial charge in [0, 0.05) is 22.3 Å². The van der Waals surface area contributed by atoms with Crippen molar-refractivity contribution >= 4 is 10.8 Å². The summed E-state index contributed by atoms with van der Waals surface area (Å²) in [4.78, 5) is 0. The first-order valence-corrected chi connectivity index (χ1v) is 8.73. The van der Waals surface area contributed by atoms with Crippen molar-refractivity contribution in [3.05, 3.63) is 65.5 Å². The molecular formula is C17H16F4O2S. The molecule has 0 saturated heterocycles. The van der Waals surface area contributed by atoms with Crippen molar-refractivity contribution in [3.8, 4) is 5.75 Å². The van der Waals surface area contributed by atoms with Gasteiger partial charge in [-0.15, -0.1) is 0 Å². The van der Waals surface area contributed by atoms with Crippen LogP contribution < -0.4 is 4.74 Å². The maximum Gasteiger partial charge on any atom is 0.416 e. The van der Waals surface area contributed by atoms with Gasteiger partial charge in [0.05, 0.1) is 12.2 Å².